The van der Waals surface area contributed by atoms with Crippen molar-refractivity contribution >= 4 is 23.4 Å². The van der Waals surface area contributed by atoms with Gasteiger partial charge in [-0.1, -0.05) is 18.5 Å². The average Bonchev–Trinajstić information content (AvgIpc) is 2.32. The van der Waals surface area contributed by atoms with E-state index in [4.69, 9.17) is 16.3 Å². The molecule has 0 fully saturated rings. The van der Waals surface area contributed by atoms with Crippen molar-refractivity contribution in [3.63, 3.8) is 0 Å². The van der Waals surface area contributed by atoms with Crippen molar-refractivity contribution in [2.45, 2.75) is 19.9 Å². The third kappa shape index (κ3) is 5.66. The highest BCUT2D eigenvalue weighted by Crippen LogP contribution is 2.23. The molecule has 1 aromatic carbocycles. The Morgan fingerprint density at radius 3 is 2.94 bits per heavy atom. The van der Waals surface area contributed by atoms with Crippen LogP contribution in [0, 0.1) is 0 Å². The summed E-state index contributed by atoms with van der Waals surface area (Å²) < 4.78 is 5.78. The van der Waals surface area contributed by atoms with Crippen LogP contribution in [0.3, 0.4) is 0 Å². The molecule has 2 nitrogen and oxygen atoms in total. The molecule has 0 amide bonds. The van der Waals surface area contributed by atoms with Gasteiger partial charge in [0.2, 0.25) is 0 Å². The fourth-order valence-electron chi connectivity index (χ4n) is 1.50. The van der Waals surface area contributed by atoms with Gasteiger partial charge in [0.25, 0.3) is 0 Å². The Bertz CT molecular complexity index is 333. The van der Waals surface area contributed by atoms with Gasteiger partial charge in [-0.3, -0.25) is 0 Å². The molecule has 0 radical (unpaired) electrons. The van der Waals surface area contributed by atoms with Crippen LogP contribution in [0.2, 0.25) is 5.02 Å². The van der Waals surface area contributed by atoms with E-state index in [1.54, 1.807) is 0 Å². The molecule has 4 heteroatoms. The van der Waals surface area contributed by atoms with Crippen LogP contribution in [-0.4, -0.2) is 25.2 Å². The zero-order valence-electron chi connectivity index (χ0n) is 10.5. The van der Waals surface area contributed by atoms with Crippen LogP contribution < -0.4 is 10.1 Å². The fourth-order valence-corrected chi connectivity index (χ4v) is 2.31. The topological polar surface area (TPSA) is 21.3 Å². The first-order valence-corrected chi connectivity index (χ1v) is 7.44. The van der Waals surface area contributed by atoms with Gasteiger partial charge in [0.05, 0.1) is 6.61 Å². The summed E-state index contributed by atoms with van der Waals surface area (Å²) in [6.45, 7) is 3.72. The van der Waals surface area contributed by atoms with E-state index in [0.29, 0.717) is 0 Å². The highest BCUT2D eigenvalue weighted by molar-refractivity contribution is 7.99. The van der Waals surface area contributed by atoms with Gasteiger partial charge in [-0.15, -0.1) is 0 Å². The molecule has 0 unspecified atom stereocenters. The summed E-state index contributed by atoms with van der Waals surface area (Å²) in [5, 5.41) is 3.87. The predicted molar refractivity (Wildman–Crippen MR) is 77.3 cm³/mol. The van der Waals surface area contributed by atoms with E-state index in [1.807, 2.05) is 37.0 Å². The molecular weight excluding hydrogens is 254 g/mol. The van der Waals surface area contributed by atoms with Gasteiger partial charge in [0, 0.05) is 17.1 Å². The lowest BCUT2D eigenvalue weighted by Gasteiger charge is -2.11. The molecule has 17 heavy (non-hydrogen) atoms. The normalized spacial score (nSPS) is 10.5. The summed E-state index contributed by atoms with van der Waals surface area (Å²) in [6.07, 6.45) is 1.08. The van der Waals surface area contributed by atoms with Gasteiger partial charge in [-0.2, -0.15) is 11.8 Å². The summed E-state index contributed by atoms with van der Waals surface area (Å²) >= 11 is 7.92. The van der Waals surface area contributed by atoms with E-state index in [-0.39, 0.29) is 0 Å². The number of hydrogen-bond acceptors (Lipinski definition) is 3. The Labute approximate surface area is 113 Å². The van der Waals surface area contributed by atoms with Crippen molar-refractivity contribution < 1.29 is 4.74 Å². The molecule has 0 aliphatic heterocycles. The first kappa shape index (κ1) is 14.7. The van der Waals surface area contributed by atoms with Crippen molar-refractivity contribution in [3.8, 4) is 5.75 Å². The van der Waals surface area contributed by atoms with Crippen LogP contribution in [0.5, 0.6) is 5.75 Å². The Morgan fingerprint density at radius 2 is 2.24 bits per heavy atom. The van der Waals surface area contributed by atoms with Crippen LogP contribution >= 0.6 is 23.4 Å². The second-order valence-electron chi connectivity index (χ2n) is 3.68. The molecule has 0 aromatic heterocycles. The van der Waals surface area contributed by atoms with Gasteiger partial charge in [0.1, 0.15) is 5.75 Å². The maximum Gasteiger partial charge on any atom is 0.123 e. The predicted octanol–water partition coefficient (Wildman–Crippen LogP) is 3.58. The number of benzene rings is 1. The largest absolute Gasteiger partial charge is 0.493 e. The Morgan fingerprint density at radius 1 is 1.41 bits per heavy atom. The smallest absolute Gasteiger partial charge is 0.123 e. The van der Waals surface area contributed by atoms with Crippen molar-refractivity contribution in [1.29, 1.82) is 0 Å². The van der Waals surface area contributed by atoms with Crippen molar-refractivity contribution in [2.24, 2.45) is 0 Å². The average molecular weight is 274 g/mol. The van der Waals surface area contributed by atoms with Crippen LogP contribution in [0.1, 0.15) is 18.9 Å². The van der Waals surface area contributed by atoms with Gasteiger partial charge in [0.15, 0.2) is 0 Å². The molecule has 0 atom stereocenters. The molecule has 0 heterocycles. The number of thioether (sulfide) groups is 1. The Balaban J connectivity index is 2.45. The van der Waals surface area contributed by atoms with E-state index in [1.165, 1.54) is 5.75 Å². The lowest BCUT2D eigenvalue weighted by atomic mass is 10.2. The number of nitrogens with one attached hydrogen (secondary N) is 1. The molecule has 1 N–H and O–H groups in total. The van der Waals surface area contributed by atoms with E-state index in [0.717, 1.165) is 41.7 Å². The molecule has 1 aromatic rings. The molecule has 96 valence electrons. The van der Waals surface area contributed by atoms with Crippen molar-refractivity contribution in [1.82, 2.24) is 5.32 Å². The second-order valence-corrected chi connectivity index (χ2v) is 5.51. The van der Waals surface area contributed by atoms with E-state index < -0.39 is 0 Å². The molecule has 0 bridgehead atoms. The first-order valence-electron chi connectivity index (χ1n) is 5.91. The molecule has 1 rings (SSSR count). The minimum absolute atomic E-state index is 0.754. The number of halogens is 1. The SMILES string of the molecule is CCSCCCOc1ccc(Cl)cc1CNC. The van der Waals surface area contributed by atoms with Crippen molar-refractivity contribution in [2.75, 3.05) is 25.2 Å². The highest BCUT2D eigenvalue weighted by atomic mass is 35.5. The molecular formula is C13H20ClNOS. The highest BCUT2D eigenvalue weighted by Gasteiger charge is 2.03. The van der Waals surface area contributed by atoms with Gasteiger partial charge in [-0.05, 0) is 43.2 Å². The van der Waals surface area contributed by atoms with Crippen molar-refractivity contribution in [3.05, 3.63) is 28.8 Å². The minimum Gasteiger partial charge on any atom is -0.493 e. The summed E-state index contributed by atoms with van der Waals surface area (Å²) in [5.74, 6) is 3.27. The van der Waals surface area contributed by atoms with Crippen LogP contribution in [-0.2, 0) is 6.54 Å². The Hall–Kier alpha value is -0.380. The standard InChI is InChI=1S/C13H20ClNOS/c1-3-17-8-4-7-16-13-6-5-12(14)9-11(13)10-15-2/h5-6,9,15H,3-4,7-8,10H2,1-2H3. The zero-order chi connectivity index (χ0) is 12.5. The molecule has 0 saturated carbocycles. The quantitative estimate of drug-likeness (QED) is 0.732. The molecule has 0 aliphatic rings. The third-order valence-electron chi connectivity index (χ3n) is 2.28. The summed E-state index contributed by atoms with van der Waals surface area (Å²) in [6, 6.07) is 5.77. The monoisotopic (exact) mass is 273 g/mol. The number of ether oxygens (including phenoxy) is 1. The summed E-state index contributed by atoms with van der Waals surface area (Å²) in [7, 11) is 1.92. The molecule has 0 aliphatic carbocycles. The summed E-state index contributed by atoms with van der Waals surface area (Å²) in [5.41, 5.74) is 1.11. The minimum atomic E-state index is 0.754. The Kier molecular flexibility index (Phi) is 7.49. The molecule has 0 saturated heterocycles. The van der Waals surface area contributed by atoms with Gasteiger partial charge >= 0.3 is 0 Å². The van der Waals surface area contributed by atoms with Crippen LogP contribution in [0.15, 0.2) is 18.2 Å². The van der Waals surface area contributed by atoms with Crippen LogP contribution in [0.25, 0.3) is 0 Å². The number of hydrogen-bond donors (Lipinski definition) is 1. The second kappa shape index (κ2) is 8.67. The van der Waals surface area contributed by atoms with Gasteiger partial charge in [-0.25, -0.2) is 0 Å². The van der Waals surface area contributed by atoms with Gasteiger partial charge < -0.3 is 10.1 Å². The van der Waals surface area contributed by atoms with E-state index >= 15 is 0 Å². The maximum atomic E-state index is 5.97. The lowest BCUT2D eigenvalue weighted by Crippen LogP contribution is -2.08. The maximum absolute atomic E-state index is 5.97. The van der Waals surface area contributed by atoms with Crippen LogP contribution in [0.4, 0.5) is 0 Å². The first-order chi connectivity index (χ1) is 8.27. The fraction of sp³-hybridized carbons (Fsp3) is 0.538. The zero-order valence-corrected chi connectivity index (χ0v) is 12.0. The lowest BCUT2D eigenvalue weighted by molar-refractivity contribution is 0.315. The third-order valence-corrected chi connectivity index (χ3v) is 3.51. The van der Waals surface area contributed by atoms with E-state index in [9.17, 15) is 0 Å². The summed E-state index contributed by atoms with van der Waals surface area (Å²) in [4.78, 5) is 0. The van der Waals surface area contributed by atoms with E-state index in [2.05, 4.69) is 12.2 Å². The number of rotatable bonds is 8. The molecule has 0 spiro atoms.